The Morgan fingerprint density at radius 1 is 1.50 bits per heavy atom. The minimum Gasteiger partial charge on any atom is -0.379 e. The summed E-state index contributed by atoms with van der Waals surface area (Å²) in [6, 6.07) is 3.83. The van der Waals surface area contributed by atoms with Crippen LogP contribution in [0.1, 0.15) is 25.0 Å². The van der Waals surface area contributed by atoms with E-state index in [0.717, 1.165) is 24.2 Å². The van der Waals surface area contributed by atoms with Gasteiger partial charge in [-0.2, -0.15) is 0 Å². The number of nitrogens with zero attached hydrogens (tertiary/aromatic N) is 1. The first-order chi connectivity index (χ1) is 6.75. The highest BCUT2D eigenvalue weighted by Crippen LogP contribution is 2.25. The molecule has 1 N–H and O–H groups in total. The van der Waals surface area contributed by atoms with Crippen LogP contribution in [0.15, 0.2) is 18.3 Å². The fraction of sp³-hybridized carbons (Fsp3) is 0.545. The molecule has 0 amide bonds. The monoisotopic (exact) mass is 194 g/mol. The van der Waals surface area contributed by atoms with E-state index in [-0.39, 0.29) is 6.04 Å². The zero-order valence-corrected chi connectivity index (χ0v) is 8.33. The molecule has 3 heteroatoms. The first kappa shape index (κ1) is 9.44. The predicted molar refractivity (Wildman–Crippen MR) is 55.1 cm³/mol. The van der Waals surface area contributed by atoms with E-state index in [2.05, 4.69) is 10.3 Å². The number of nitrogens with one attached hydrogen (secondary N) is 1. The predicted octanol–water partition coefficient (Wildman–Crippen LogP) is 2.69. The van der Waals surface area contributed by atoms with Crippen LogP contribution in [-0.4, -0.2) is 17.2 Å². The molecule has 1 aromatic rings. The van der Waals surface area contributed by atoms with Gasteiger partial charge in [-0.3, -0.25) is 4.98 Å². The second-order valence-electron chi connectivity index (χ2n) is 3.88. The van der Waals surface area contributed by atoms with Gasteiger partial charge in [-0.25, -0.2) is 4.39 Å². The van der Waals surface area contributed by atoms with E-state index >= 15 is 0 Å². The minimum atomic E-state index is -0.691. The molecule has 2 rings (SSSR count). The maximum absolute atomic E-state index is 13.3. The number of anilines is 1. The summed E-state index contributed by atoms with van der Waals surface area (Å²) in [7, 11) is 0. The molecule has 1 fully saturated rings. The van der Waals surface area contributed by atoms with Gasteiger partial charge >= 0.3 is 0 Å². The van der Waals surface area contributed by atoms with E-state index in [9.17, 15) is 4.39 Å². The lowest BCUT2D eigenvalue weighted by Gasteiger charge is -2.16. The molecular weight excluding hydrogens is 179 g/mol. The molecule has 0 aromatic carbocycles. The zero-order chi connectivity index (χ0) is 9.97. The Balaban J connectivity index is 2.03. The first-order valence-corrected chi connectivity index (χ1v) is 5.09. The van der Waals surface area contributed by atoms with Gasteiger partial charge in [0, 0.05) is 17.6 Å². The van der Waals surface area contributed by atoms with Crippen LogP contribution in [0.3, 0.4) is 0 Å². The molecule has 2 atom stereocenters. The van der Waals surface area contributed by atoms with Crippen LogP contribution in [0, 0.1) is 6.92 Å². The Labute approximate surface area is 83.6 Å². The van der Waals surface area contributed by atoms with Crippen molar-refractivity contribution in [1.82, 2.24) is 4.98 Å². The Morgan fingerprint density at radius 3 is 3.00 bits per heavy atom. The van der Waals surface area contributed by atoms with Gasteiger partial charge in [0.25, 0.3) is 0 Å². The number of alkyl halides is 1. The minimum absolute atomic E-state index is 0.00296. The molecule has 76 valence electrons. The molecule has 0 aliphatic heterocycles. The molecule has 14 heavy (non-hydrogen) atoms. The number of halogens is 1. The lowest BCUT2D eigenvalue weighted by Crippen LogP contribution is -2.24. The second kappa shape index (κ2) is 3.95. The Kier molecular flexibility index (Phi) is 2.66. The Morgan fingerprint density at radius 2 is 2.36 bits per heavy atom. The van der Waals surface area contributed by atoms with Gasteiger partial charge in [0.05, 0.1) is 6.04 Å². The Bertz CT molecular complexity index is 314. The van der Waals surface area contributed by atoms with Crippen LogP contribution in [0.25, 0.3) is 0 Å². The van der Waals surface area contributed by atoms with Crippen molar-refractivity contribution in [3.63, 3.8) is 0 Å². The lowest BCUT2D eigenvalue weighted by molar-refractivity contribution is 0.323. The molecule has 0 bridgehead atoms. The molecular formula is C11H15FN2. The molecule has 0 spiro atoms. The van der Waals surface area contributed by atoms with E-state index in [1.807, 2.05) is 19.1 Å². The van der Waals surface area contributed by atoms with Gasteiger partial charge in [0.2, 0.25) is 0 Å². The average molecular weight is 194 g/mol. The topological polar surface area (TPSA) is 24.9 Å². The largest absolute Gasteiger partial charge is 0.379 e. The average Bonchev–Trinajstić information content (AvgIpc) is 2.52. The van der Waals surface area contributed by atoms with Crippen molar-refractivity contribution in [2.24, 2.45) is 0 Å². The van der Waals surface area contributed by atoms with Crippen molar-refractivity contribution in [2.45, 2.75) is 38.4 Å². The van der Waals surface area contributed by atoms with Crippen LogP contribution < -0.4 is 5.32 Å². The Hall–Kier alpha value is -1.12. The number of hydrogen-bond acceptors (Lipinski definition) is 2. The molecule has 1 aliphatic rings. The van der Waals surface area contributed by atoms with Crippen LogP contribution >= 0.6 is 0 Å². The summed E-state index contributed by atoms with van der Waals surface area (Å²) < 4.78 is 13.3. The van der Waals surface area contributed by atoms with Gasteiger partial charge in [-0.05, 0) is 38.3 Å². The second-order valence-corrected chi connectivity index (χ2v) is 3.88. The van der Waals surface area contributed by atoms with Gasteiger partial charge in [0.15, 0.2) is 0 Å². The van der Waals surface area contributed by atoms with E-state index in [1.165, 1.54) is 0 Å². The first-order valence-electron chi connectivity index (χ1n) is 5.09. The van der Waals surface area contributed by atoms with E-state index in [0.29, 0.717) is 6.42 Å². The summed E-state index contributed by atoms with van der Waals surface area (Å²) in [4.78, 5) is 4.10. The number of pyridine rings is 1. The fourth-order valence-electron chi connectivity index (χ4n) is 1.93. The number of aryl methyl sites for hydroxylation is 1. The summed E-state index contributed by atoms with van der Waals surface area (Å²) in [6.45, 7) is 1.94. The molecule has 1 aromatic heterocycles. The molecule has 1 heterocycles. The summed E-state index contributed by atoms with van der Waals surface area (Å²) in [6.07, 6.45) is 3.68. The van der Waals surface area contributed by atoms with Gasteiger partial charge in [0.1, 0.15) is 6.17 Å². The number of hydrogen-bond donors (Lipinski definition) is 1. The molecule has 2 unspecified atom stereocenters. The normalized spacial score (nSPS) is 26.4. The maximum atomic E-state index is 13.3. The van der Waals surface area contributed by atoms with Crippen molar-refractivity contribution >= 4 is 5.69 Å². The molecule has 2 nitrogen and oxygen atoms in total. The smallest absolute Gasteiger partial charge is 0.120 e. The summed E-state index contributed by atoms with van der Waals surface area (Å²) in [5.41, 5.74) is 1.94. The fourth-order valence-corrected chi connectivity index (χ4v) is 1.93. The molecule has 1 saturated carbocycles. The third-order valence-corrected chi connectivity index (χ3v) is 2.68. The van der Waals surface area contributed by atoms with Crippen molar-refractivity contribution < 1.29 is 4.39 Å². The van der Waals surface area contributed by atoms with Crippen LogP contribution in [0.2, 0.25) is 0 Å². The van der Waals surface area contributed by atoms with E-state index in [4.69, 9.17) is 0 Å². The van der Waals surface area contributed by atoms with E-state index in [1.54, 1.807) is 6.20 Å². The summed E-state index contributed by atoms with van der Waals surface area (Å²) in [5.74, 6) is 0. The van der Waals surface area contributed by atoms with Gasteiger partial charge in [-0.15, -0.1) is 0 Å². The van der Waals surface area contributed by atoms with Gasteiger partial charge in [-0.1, -0.05) is 0 Å². The standard InChI is InChI=1S/C11H15FN2/c1-8-7-9(5-6-13-8)14-11-4-2-3-10(11)12/h5-7,10-11H,2-4H2,1H3,(H,13,14). The maximum Gasteiger partial charge on any atom is 0.120 e. The quantitative estimate of drug-likeness (QED) is 0.783. The molecule has 0 radical (unpaired) electrons. The van der Waals surface area contributed by atoms with E-state index < -0.39 is 6.17 Å². The zero-order valence-electron chi connectivity index (χ0n) is 8.33. The third-order valence-electron chi connectivity index (χ3n) is 2.68. The number of rotatable bonds is 2. The third kappa shape index (κ3) is 2.03. The highest BCUT2D eigenvalue weighted by Gasteiger charge is 2.26. The highest BCUT2D eigenvalue weighted by molar-refractivity contribution is 5.44. The van der Waals surface area contributed by atoms with Crippen LogP contribution in [0.5, 0.6) is 0 Å². The highest BCUT2D eigenvalue weighted by atomic mass is 19.1. The number of aromatic nitrogens is 1. The van der Waals surface area contributed by atoms with Crippen molar-refractivity contribution in [2.75, 3.05) is 5.32 Å². The molecule has 0 saturated heterocycles. The van der Waals surface area contributed by atoms with Crippen molar-refractivity contribution in [1.29, 1.82) is 0 Å². The molecule has 1 aliphatic carbocycles. The SMILES string of the molecule is Cc1cc(NC2CCCC2F)ccn1. The van der Waals surface area contributed by atoms with Crippen molar-refractivity contribution in [3.8, 4) is 0 Å². The van der Waals surface area contributed by atoms with Crippen LogP contribution in [-0.2, 0) is 0 Å². The lowest BCUT2D eigenvalue weighted by atomic mass is 10.2. The van der Waals surface area contributed by atoms with Crippen molar-refractivity contribution in [3.05, 3.63) is 24.0 Å². The summed E-state index contributed by atoms with van der Waals surface area (Å²) >= 11 is 0. The van der Waals surface area contributed by atoms with Crippen LogP contribution in [0.4, 0.5) is 10.1 Å². The van der Waals surface area contributed by atoms with Gasteiger partial charge < -0.3 is 5.32 Å². The summed E-state index contributed by atoms with van der Waals surface area (Å²) in [5, 5.41) is 3.22.